The molecule has 3 heterocycles. The van der Waals surface area contributed by atoms with Crippen LogP contribution >= 0.6 is 0 Å². The molecule has 0 bridgehead atoms. The molecule has 0 radical (unpaired) electrons. The van der Waals surface area contributed by atoms with Gasteiger partial charge in [0.15, 0.2) is 0 Å². The average Bonchev–Trinajstić information content (AvgIpc) is 3.42. The fraction of sp³-hybridized carbons (Fsp3) is 0.233. The molecular weight excluding hydrogens is 483 g/mol. The lowest BCUT2D eigenvalue weighted by Crippen LogP contribution is -2.44. The van der Waals surface area contributed by atoms with Crippen LogP contribution in [0.15, 0.2) is 72.8 Å². The first-order valence-corrected chi connectivity index (χ1v) is 12.9. The van der Waals surface area contributed by atoms with Gasteiger partial charge in [-0.1, -0.05) is 55.8 Å². The third kappa shape index (κ3) is 3.75. The van der Waals surface area contributed by atoms with Crippen LogP contribution in [0.25, 0.3) is 10.9 Å². The van der Waals surface area contributed by atoms with E-state index in [0.29, 0.717) is 18.5 Å². The highest BCUT2D eigenvalue weighted by atomic mass is 19.1. The van der Waals surface area contributed by atoms with Gasteiger partial charge in [-0.3, -0.25) is 14.5 Å². The topological polar surface area (TPSA) is 85.5 Å². The third-order valence-electron chi connectivity index (χ3n) is 7.44. The van der Waals surface area contributed by atoms with Crippen molar-refractivity contribution in [1.82, 2.24) is 15.2 Å². The maximum atomic E-state index is 14.1. The molecule has 7 nitrogen and oxygen atoms in total. The molecule has 0 saturated carbocycles. The number of nitrogens with zero attached hydrogens (tertiary/aromatic N) is 2. The largest absolute Gasteiger partial charge is 0.356 e. The van der Waals surface area contributed by atoms with Gasteiger partial charge in [-0.05, 0) is 47.9 Å². The first-order chi connectivity index (χ1) is 18.5. The second kappa shape index (κ2) is 9.45. The van der Waals surface area contributed by atoms with Crippen molar-refractivity contribution < 1.29 is 18.8 Å². The van der Waals surface area contributed by atoms with Crippen LogP contribution in [0.1, 0.15) is 53.0 Å². The van der Waals surface area contributed by atoms with Crippen LogP contribution in [0, 0.1) is 5.82 Å². The second-order valence-corrected chi connectivity index (χ2v) is 9.73. The zero-order chi connectivity index (χ0) is 26.4. The number of rotatable bonds is 6. The van der Waals surface area contributed by atoms with E-state index in [9.17, 15) is 18.8 Å². The van der Waals surface area contributed by atoms with E-state index in [-0.39, 0.29) is 28.9 Å². The maximum absolute atomic E-state index is 14.1. The summed E-state index contributed by atoms with van der Waals surface area (Å²) in [4.78, 5) is 47.2. The Morgan fingerprint density at radius 1 is 1.03 bits per heavy atom. The highest BCUT2D eigenvalue weighted by Crippen LogP contribution is 2.45. The van der Waals surface area contributed by atoms with E-state index in [1.807, 2.05) is 31.2 Å². The standard InChI is InChI=1S/C30H27FN4O3/c1-2-3-16-32-28(36)21-9-5-7-11-24(21)35-29(37)25-17-22-20-8-4-6-10-23(20)33-26(22)27(34(25)30(35)38)18-12-14-19(31)15-13-18/h4-15,25,27,33H,2-3,16-17H2,1H3,(H,32,36)/t25-,27-/m0/s1. The quantitative estimate of drug-likeness (QED) is 0.272. The third-order valence-corrected chi connectivity index (χ3v) is 7.44. The van der Waals surface area contributed by atoms with E-state index < -0.39 is 18.1 Å². The van der Waals surface area contributed by atoms with Gasteiger partial charge in [0.1, 0.15) is 17.9 Å². The number of benzene rings is 3. The van der Waals surface area contributed by atoms with Gasteiger partial charge < -0.3 is 10.3 Å². The Morgan fingerprint density at radius 2 is 1.76 bits per heavy atom. The van der Waals surface area contributed by atoms with Crippen LogP contribution in [0.4, 0.5) is 14.9 Å². The Labute approximate surface area is 219 Å². The summed E-state index contributed by atoms with van der Waals surface area (Å²) < 4.78 is 13.9. The zero-order valence-corrected chi connectivity index (χ0v) is 20.9. The molecule has 8 heteroatoms. The van der Waals surface area contributed by atoms with Gasteiger partial charge >= 0.3 is 6.03 Å². The highest BCUT2D eigenvalue weighted by Gasteiger charge is 2.53. The maximum Gasteiger partial charge on any atom is 0.332 e. The van der Waals surface area contributed by atoms with Crippen molar-refractivity contribution in [3.63, 3.8) is 0 Å². The van der Waals surface area contributed by atoms with E-state index in [1.54, 1.807) is 41.3 Å². The number of aromatic nitrogens is 1. The van der Waals surface area contributed by atoms with E-state index in [1.165, 1.54) is 12.1 Å². The SMILES string of the molecule is CCCCNC(=O)c1ccccc1N1C(=O)[C@@H]2Cc3c([nH]c4ccccc34)[C@H](c3ccc(F)cc3)N2C1=O. The molecule has 4 aromatic rings. The molecular formula is C30H27FN4O3. The number of aromatic amines is 1. The number of imide groups is 1. The molecule has 0 aliphatic carbocycles. The average molecular weight is 511 g/mol. The predicted octanol–water partition coefficient (Wildman–Crippen LogP) is 5.32. The van der Waals surface area contributed by atoms with Gasteiger partial charge in [0.25, 0.3) is 11.8 Å². The molecule has 1 aromatic heterocycles. The molecule has 1 fully saturated rings. The summed E-state index contributed by atoms with van der Waals surface area (Å²) in [5.74, 6) is -1.09. The number of nitrogens with one attached hydrogen (secondary N) is 2. The minimum absolute atomic E-state index is 0.261. The Hall–Kier alpha value is -4.46. The lowest BCUT2D eigenvalue weighted by Gasteiger charge is -2.36. The molecule has 38 heavy (non-hydrogen) atoms. The zero-order valence-electron chi connectivity index (χ0n) is 20.9. The van der Waals surface area contributed by atoms with Crippen LogP contribution in [0.2, 0.25) is 0 Å². The number of hydrogen-bond donors (Lipinski definition) is 2. The van der Waals surface area contributed by atoms with Crippen LogP contribution in [0.5, 0.6) is 0 Å². The normalized spacial score (nSPS) is 18.6. The van der Waals surface area contributed by atoms with Crippen LogP contribution in [-0.2, 0) is 11.2 Å². The van der Waals surface area contributed by atoms with Gasteiger partial charge in [-0.25, -0.2) is 14.1 Å². The number of anilines is 1. The van der Waals surface area contributed by atoms with E-state index in [4.69, 9.17) is 0 Å². The number of carbonyl (C=O) groups excluding carboxylic acids is 3. The number of H-pyrrole nitrogens is 1. The molecule has 6 rings (SSSR count). The van der Waals surface area contributed by atoms with Gasteiger partial charge in [-0.15, -0.1) is 0 Å². The van der Waals surface area contributed by atoms with E-state index >= 15 is 0 Å². The number of urea groups is 1. The van der Waals surface area contributed by atoms with Crippen molar-refractivity contribution in [2.24, 2.45) is 0 Å². The molecule has 2 N–H and O–H groups in total. The van der Waals surface area contributed by atoms with Gasteiger partial charge in [0.2, 0.25) is 0 Å². The minimum Gasteiger partial charge on any atom is -0.356 e. The van der Waals surface area contributed by atoms with Gasteiger partial charge in [0, 0.05) is 29.6 Å². The lowest BCUT2D eigenvalue weighted by atomic mass is 9.89. The fourth-order valence-electron chi connectivity index (χ4n) is 5.62. The van der Waals surface area contributed by atoms with Crippen LogP contribution < -0.4 is 10.2 Å². The van der Waals surface area contributed by atoms with Crippen molar-refractivity contribution in [3.8, 4) is 0 Å². The molecule has 2 aliphatic rings. The first-order valence-electron chi connectivity index (χ1n) is 12.9. The van der Waals surface area contributed by atoms with Crippen molar-refractivity contribution in [1.29, 1.82) is 0 Å². The summed E-state index contributed by atoms with van der Waals surface area (Å²) in [7, 11) is 0. The van der Waals surface area contributed by atoms with E-state index in [0.717, 1.165) is 39.9 Å². The Balaban J connectivity index is 1.45. The Bertz CT molecular complexity index is 1560. The Morgan fingerprint density at radius 3 is 2.55 bits per heavy atom. The lowest BCUT2D eigenvalue weighted by molar-refractivity contribution is -0.120. The molecule has 3 aromatic carbocycles. The number of halogens is 1. The highest BCUT2D eigenvalue weighted by molar-refractivity contribution is 6.24. The molecule has 0 unspecified atom stereocenters. The summed E-state index contributed by atoms with van der Waals surface area (Å²) in [5.41, 5.74) is 3.91. The summed E-state index contributed by atoms with van der Waals surface area (Å²) in [6, 6.07) is 18.6. The Kier molecular flexibility index (Phi) is 5.94. The van der Waals surface area contributed by atoms with Crippen molar-refractivity contribution in [2.45, 2.75) is 38.3 Å². The van der Waals surface area contributed by atoms with Gasteiger partial charge in [-0.2, -0.15) is 0 Å². The number of hydrogen-bond acceptors (Lipinski definition) is 3. The number of unbranched alkanes of at least 4 members (excludes halogenated alkanes) is 1. The molecule has 1 saturated heterocycles. The molecule has 2 aliphatic heterocycles. The molecule has 4 amide bonds. The molecule has 0 spiro atoms. The van der Waals surface area contributed by atoms with Crippen molar-refractivity contribution in [2.75, 3.05) is 11.4 Å². The summed E-state index contributed by atoms with van der Waals surface area (Å²) in [6.45, 7) is 2.54. The fourth-order valence-corrected chi connectivity index (χ4v) is 5.62. The molecule has 2 atom stereocenters. The van der Waals surface area contributed by atoms with Crippen LogP contribution in [-0.4, -0.2) is 40.3 Å². The van der Waals surface area contributed by atoms with Crippen molar-refractivity contribution >= 4 is 34.4 Å². The smallest absolute Gasteiger partial charge is 0.332 e. The monoisotopic (exact) mass is 510 g/mol. The van der Waals surface area contributed by atoms with Crippen LogP contribution in [0.3, 0.4) is 0 Å². The molecule has 192 valence electrons. The second-order valence-electron chi connectivity index (χ2n) is 9.73. The predicted molar refractivity (Wildman–Crippen MR) is 142 cm³/mol. The number of amides is 4. The summed E-state index contributed by atoms with van der Waals surface area (Å²) >= 11 is 0. The van der Waals surface area contributed by atoms with Gasteiger partial charge in [0.05, 0.1) is 11.3 Å². The number of carbonyl (C=O) groups is 3. The number of fused-ring (bicyclic) bond motifs is 4. The summed E-state index contributed by atoms with van der Waals surface area (Å²) in [5, 5.41) is 3.87. The number of para-hydroxylation sites is 2. The van der Waals surface area contributed by atoms with Crippen molar-refractivity contribution in [3.05, 3.63) is 101 Å². The first kappa shape index (κ1) is 23.9. The van der Waals surface area contributed by atoms with E-state index in [2.05, 4.69) is 10.3 Å². The minimum atomic E-state index is -0.763. The summed E-state index contributed by atoms with van der Waals surface area (Å²) in [6.07, 6.45) is 2.10.